The van der Waals surface area contributed by atoms with E-state index in [0.29, 0.717) is 11.6 Å². The number of hydrogen-bond donors (Lipinski definition) is 2. The molecule has 1 heterocycles. The largest absolute Gasteiger partial charge is 0.349 e. The van der Waals surface area contributed by atoms with Gasteiger partial charge in [-0.3, -0.25) is 4.79 Å². The topological polar surface area (TPSA) is 54.0 Å². The highest BCUT2D eigenvalue weighted by molar-refractivity contribution is 9.10. The summed E-state index contributed by atoms with van der Waals surface area (Å²) in [5, 5.41) is 6.27. The van der Waals surface area contributed by atoms with Crippen molar-refractivity contribution in [3.8, 4) is 0 Å². The second-order valence-electron chi connectivity index (χ2n) is 5.52. The van der Waals surface area contributed by atoms with Gasteiger partial charge in [0.25, 0.3) is 5.91 Å². The molecule has 0 spiro atoms. The van der Waals surface area contributed by atoms with Crippen LogP contribution < -0.4 is 10.6 Å². The smallest absolute Gasteiger partial charge is 0.253 e. The summed E-state index contributed by atoms with van der Waals surface area (Å²) in [5.74, 6) is 0.689. The number of rotatable bonds is 4. The van der Waals surface area contributed by atoms with Gasteiger partial charge in [0.2, 0.25) is 0 Å². The summed E-state index contributed by atoms with van der Waals surface area (Å²) in [6.45, 7) is 0. The molecular formula is C17H18BrN3O. The average molecular weight is 360 g/mol. The number of aromatic nitrogens is 1. The maximum absolute atomic E-state index is 12.1. The first-order chi connectivity index (χ1) is 10.7. The lowest BCUT2D eigenvalue weighted by Crippen LogP contribution is -2.32. The number of hydrogen-bond acceptors (Lipinski definition) is 3. The van der Waals surface area contributed by atoms with Crippen LogP contribution in [-0.4, -0.2) is 16.9 Å². The number of halogens is 1. The first-order valence-electron chi connectivity index (χ1n) is 7.50. The van der Waals surface area contributed by atoms with Crippen molar-refractivity contribution < 1.29 is 4.79 Å². The molecule has 1 fully saturated rings. The fourth-order valence-electron chi connectivity index (χ4n) is 2.62. The van der Waals surface area contributed by atoms with Crippen LogP contribution in [0.2, 0.25) is 0 Å². The standard InChI is InChI=1S/C17H18BrN3O/c18-13-6-8-15(9-7-13)20-16-10-5-12(11-19-16)17(22)21-14-3-1-2-4-14/h5-11,14H,1-4H2,(H,19,20)(H,21,22). The van der Waals surface area contributed by atoms with E-state index in [1.807, 2.05) is 30.3 Å². The van der Waals surface area contributed by atoms with E-state index in [1.165, 1.54) is 12.8 Å². The highest BCUT2D eigenvalue weighted by Gasteiger charge is 2.17. The Morgan fingerprint density at radius 3 is 2.45 bits per heavy atom. The molecule has 5 heteroatoms. The molecule has 1 aliphatic carbocycles. The lowest BCUT2D eigenvalue weighted by molar-refractivity contribution is 0.0937. The maximum Gasteiger partial charge on any atom is 0.253 e. The van der Waals surface area contributed by atoms with Crippen LogP contribution in [0.4, 0.5) is 11.5 Å². The van der Waals surface area contributed by atoms with Gasteiger partial charge in [-0.15, -0.1) is 0 Å². The Balaban J connectivity index is 1.61. The molecule has 114 valence electrons. The third kappa shape index (κ3) is 3.85. The third-order valence-corrected chi connectivity index (χ3v) is 4.36. The van der Waals surface area contributed by atoms with Crippen LogP contribution in [0.15, 0.2) is 47.1 Å². The molecule has 1 aliphatic rings. The molecule has 1 saturated carbocycles. The summed E-state index contributed by atoms with van der Waals surface area (Å²) in [7, 11) is 0. The Morgan fingerprint density at radius 2 is 1.82 bits per heavy atom. The van der Waals surface area contributed by atoms with Crippen molar-refractivity contribution in [1.82, 2.24) is 10.3 Å². The first kappa shape index (κ1) is 15.0. The monoisotopic (exact) mass is 359 g/mol. The van der Waals surface area contributed by atoms with E-state index in [9.17, 15) is 4.79 Å². The van der Waals surface area contributed by atoms with Gasteiger partial charge < -0.3 is 10.6 Å². The lowest BCUT2D eigenvalue weighted by Gasteiger charge is -2.12. The third-order valence-electron chi connectivity index (χ3n) is 3.83. The van der Waals surface area contributed by atoms with Gasteiger partial charge >= 0.3 is 0 Å². The summed E-state index contributed by atoms with van der Waals surface area (Å²) >= 11 is 3.40. The zero-order valence-corrected chi connectivity index (χ0v) is 13.8. The van der Waals surface area contributed by atoms with Crippen molar-refractivity contribution >= 4 is 33.3 Å². The maximum atomic E-state index is 12.1. The highest BCUT2D eigenvalue weighted by atomic mass is 79.9. The van der Waals surface area contributed by atoms with Crippen LogP contribution in [0.25, 0.3) is 0 Å². The fourth-order valence-corrected chi connectivity index (χ4v) is 2.89. The minimum Gasteiger partial charge on any atom is -0.349 e. The van der Waals surface area contributed by atoms with Gasteiger partial charge in [0, 0.05) is 22.4 Å². The van der Waals surface area contributed by atoms with Gasteiger partial charge in [-0.1, -0.05) is 28.8 Å². The van der Waals surface area contributed by atoms with E-state index in [2.05, 4.69) is 31.5 Å². The van der Waals surface area contributed by atoms with Crippen molar-refractivity contribution in [3.63, 3.8) is 0 Å². The number of carbonyl (C=O) groups excluding carboxylic acids is 1. The summed E-state index contributed by atoms with van der Waals surface area (Å²) in [4.78, 5) is 16.4. The van der Waals surface area contributed by atoms with Crippen molar-refractivity contribution in [2.45, 2.75) is 31.7 Å². The van der Waals surface area contributed by atoms with Gasteiger partial charge in [-0.2, -0.15) is 0 Å². The SMILES string of the molecule is O=C(NC1CCCC1)c1ccc(Nc2ccc(Br)cc2)nc1. The van der Waals surface area contributed by atoms with Gasteiger partial charge in [0.05, 0.1) is 5.56 Å². The second kappa shape index (κ2) is 6.92. The molecule has 2 N–H and O–H groups in total. The van der Waals surface area contributed by atoms with Crippen LogP contribution in [0.3, 0.4) is 0 Å². The quantitative estimate of drug-likeness (QED) is 0.857. The van der Waals surface area contributed by atoms with Crippen molar-refractivity contribution in [1.29, 1.82) is 0 Å². The van der Waals surface area contributed by atoms with Crippen molar-refractivity contribution in [2.24, 2.45) is 0 Å². The molecule has 1 aromatic heterocycles. The fraction of sp³-hybridized carbons (Fsp3) is 0.294. The Bertz CT molecular complexity index is 634. The predicted molar refractivity (Wildman–Crippen MR) is 91.4 cm³/mol. The Labute approximate surface area is 138 Å². The molecule has 0 aliphatic heterocycles. The Hall–Kier alpha value is -1.88. The molecule has 0 bridgehead atoms. The number of nitrogens with zero attached hydrogens (tertiary/aromatic N) is 1. The normalized spacial score (nSPS) is 14.8. The first-order valence-corrected chi connectivity index (χ1v) is 8.29. The number of benzene rings is 1. The van der Waals surface area contributed by atoms with Crippen LogP contribution in [-0.2, 0) is 0 Å². The zero-order chi connectivity index (χ0) is 15.4. The van der Waals surface area contributed by atoms with Gasteiger partial charge in [0.15, 0.2) is 0 Å². The van der Waals surface area contributed by atoms with Gasteiger partial charge in [0.1, 0.15) is 5.82 Å². The number of amides is 1. The summed E-state index contributed by atoms with van der Waals surface area (Å²) in [6.07, 6.45) is 6.20. The summed E-state index contributed by atoms with van der Waals surface area (Å²) in [5.41, 5.74) is 1.56. The van der Waals surface area contributed by atoms with Gasteiger partial charge in [-0.25, -0.2) is 4.98 Å². The molecule has 1 amide bonds. The minimum atomic E-state index is -0.0328. The number of pyridine rings is 1. The molecule has 0 saturated heterocycles. The van der Waals surface area contributed by atoms with E-state index in [-0.39, 0.29) is 5.91 Å². The molecule has 4 nitrogen and oxygen atoms in total. The van der Waals surface area contributed by atoms with Crippen LogP contribution in [0.1, 0.15) is 36.0 Å². The summed E-state index contributed by atoms with van der Waals surface area (Å²) < 4.78 is 1.03. The average Bonchev–Trinajstić information content (AvgIpc) is 3.03. The van der Waals surface area contributed by atoms with E-state index in [4.69, 9.17) is 0 Å². The Kier molecular flexibility index (Phi) is 4.73. The predicted octanol–water partition coefficient (Wildman–Crippen LogP) is 4.26. The molecular weight excluding hydrogens is 342 g/mol. The van der Waals surface area contributed by atoms with Crippen LogP contribution in [0, 0.1) is 0 Å². The molecule has 22 heavy (non-hydrogen) atoms. The molecule has 3 rings (SSSR count). The van der Waals surface area contributed by atoms with E-state index >= 15 is 0 Å². The Morgan fingerprint density at radius 1 is 1.09 bits per heavy atom. The molecule has 1 aromatic carbocycles. The van der Waals surface area contributed by atoms with Crippen molar-refractivity contribution in [3.05, 3.63) is 52.6 Å². The van der Waals surface area contributed by atoms with E-state index in [1.54, 1.807) is 12.3 Å². The minimum absolute atomic E-state index is 0.0328. The molecule has 0 radical (unpaired) electrons. The second-order valence-corrected chi connectivity index (χ2v) is 6.43. The van der Waals surface area contributed by atoms with E-state index in [0.717, 1.165) is 28.8 Å². The highest BCUT2D eigenvalue weighted by Crippen LogP contribution is 2.19. The summed E-state index contributed by atoms with van der Waals surface area (Å²) in [6, 6.07) is 11.8. The van der Waals surface area contributed by atoms with Crippen molar-refractivity contribution in [2.75, 3.05) is 5.32 Å². The number of carbonyl (C=O) groups is 1. The number of nitrogens with one attached hydrogen (secondary N) is 2. The molecule has 0 unspecified atom stereocenters. The molecule has 0 atom stereocenters. The van der Waals surface area contributed by atoms with Crippen LogP contribution >= 0.6 is 15.9 Å². The lowest BCUT2D eigenvalue weighted by atomic mass is 10.2. The van der Waals surface area contributed by atoms with Crippen LogP contribution in [0.5, 0.6) is 0 Å². The zero-order valence-electron chi connectivity index (χ0n) is 12.2. The molecule has 2 aromatic rings. The number of anilines is 2. The van der Waals surface area contributed by atoms with Gasteiger partial charge in [-0.05, 0) is 49.2 Å². The van der Waals surface area contributed by atoms with E-state index < -0.39 is 0 Å².